The fraction of sp³-hybridized carbons (Fsp3) is 0.0323. The number of benzene rings is 4. The van der Waals surface area contributed by atoms with E-state index in [0.717, 1.165) is 33.3 Å². The van der Waals surface area contributed by atoms with Gasteiger partial charge in [-0.3, -0.25) is 9.97 Å². The first-order valence-corrected chi connectivity index (χ1v) is 11.3. The van der Waals surface area contributed by atoms with Crippen LogP contribution in [0, 0.1) is 18.8 Å². The second kappa shape index (κ2) is 11.2. The molecule has 0 aliphatic heterocycles. The van der Waals surface area contributed by atoms with E-state index in [1.807, 2.05) is 24.5 Å². The molecule has 2 aromatic heterocycles. The number of aryl methyl sites for hydroxylation is 1. The number of hydrogen-bond donors (Lipinski definition) is 1. The van der Waals surface area contributed by atoms with Crippen LogP contribution in [0.15, 0.2) is 109 Å². The topological polar surface area (TPSA) is 46.0 Å². The number of aromatic nitrogens is 2. The van der Waals surface area contributed by atoms with Crippen LogP contribution in [-0.4, -0.2) is 15.1 Å². The SMILES string of the molecule is Cc1cc(-c2nccc3ccccc23)[c-]c(-c2nccc3ccccc23)c1.Oc1ccccc1F.[Pt]. The summed E-state index contributed by atoms with van der Waals surface area (Å²) < 4.78 is 12.1. The molecule has 5 heteroatoms. The molecule has 0 fully saturated rings. The maximum Gasteiger partial charge on any atom is 0.164 e. The first-order chi connectivity index (χ1) is 17.1. The van der Waals surface area contributed by atoms with Crippen LogP contribution in [0.4, 0.5) is 4.39 Å². The molecule has 4 aromatic carbocycles. The first kappa shape index (κ1) is 25.2. The molecule has 36 heavy (non-hydrogen) atoms. The molecule has 0 radical (unpaired) electrons. The summed E-state index contributed by atoms with van der Waals surface area (Å²) in [5.74, 6) is -0.875. The Balaban J connectivity index is 0.000000291. The van der Waals surface area contributed by atoms with Crippen molar-refractivity contribution in [1.29, 1.82) is 0 Å². The van der Waals surface area contributed by atoms with Crippen LogP contribution in [-0.2, 0) is 21.1 Å². The van der Waals surface area contributed by atoms with Crippen molar-refractivity contribution in [2.75, 3.05) is 0 Å². The molecule has 180 valence electrons. The van der Waals surface area contributed by atoms with E-state index in [1.54, 1.807) is 6.07 Å². The summed E-state index contributed by atoms with van der Waals surface area (Å²) in [5, 5.41) is 13.2. The molecule has 0 aliphatic rings. The second-order valence-corrected chi connectivity index (χ2v) is 8.20. The normalized spacial score (nSPS) is 10.4. The van der Waals surface area contributed by atoms with Crippen LogP contribution in [0.3, 0.4) is 0 Å². The van der Waals surface area contributed by atoms with Crippen LogP contribution in [0.25, 0.3) is 44.1 Å². The summed E-state index contributed by atoms with van der Waals surface area (Å²) in [6, 6.07) is 34.2. The van der Waals surface area contributed by atoms with Gasteiger partial charge in [-0.2, -0.15) is 0 Å². The summed E-state index contributed by atoms with van der Waals surface area (Å²) in [6.07, 6.45) is 3.73. The minimum absolute atomic E-state index is 0. The Bertz CT molecular complexity index is 1520. The zero-order chi connectivity index (χ0) is 24.2. The molecule has 0 saturated carbocycles. The van der Waals surface area contributed by atoms with Gasteiger partial charge < -0.3 is 5.11 Å². The summed E-state index contributed by atoms with van der Waals surface area (Å²) in [4.78, 5) is 9.33. The standard InChI is InChI=1S/C25H17N2.C6H5FO.Pt/c1-17-14-20(24-22-8-4-2-6-18(22)10-12-26-24)16-21(15-17)25-23-9-5-3-7-19(23)11-13-27-25;7-5-3-1-2-4-6(5)8;/h2-15H,1H3;1-4,8H;/q-1;;. The maximum absolute atomic E-state index is 12.1. The number of phenols is 1. The number of nitrogens with zero attached hydrogens (tertiary/aromatic N) is 2. The van der Waals surface area contributed by atoms with Crippen molar-refractivity contribution < 1.29 is 30.6 Å². The van der Waals surface area contributed by atoms with Crippen molar-refractivity contribution in [2.45, 2.75) is 6.92 Å². The Labute approximate surface area is 223 Å². The third-order valence-electron chi connectivity index (χ3n) is 5.72. The molecule has 0 spiro atoms. The number of para-hydroxylation sites is 1. The van der Waals surface area contributed by atoms with Crippen LogP contribution in [0.5, 0.6) is 5.75 Å². The molecule has 6 aromatic rings. The monoisotopic (exact) mass is 652 g/mol. The van der Waals surface area contributed by atoms with Crippen molar-refractivity contribution in [3.8, 4) is 28.3 Å². The van der Waals surface area contributed by atoms with Gasteiger partial charge >= 0.3 is 0 Å². The van der Waals surface area contributed by atoms with Crippen LogP contribution in [0.1, 0.15) is 5.56 Å². The summed E-state index contributed by atoms with van der Waals surface area (Å²) in [7, 11) is 0. The molecule has 6 rings (SSSR count). The number of fused-ring (bicyclic) bond motifs is 2. The van der Waals surface area contributed by atoms with Crippen molar-refractivity contribution >= 4 is 21.5 Å². The number of phenolic OH excluding ortho intramolecular Hbond substituents is 1. The van der Waals surface area contributed by atoms with Gasteiger partial charge in [0.2, 0.25) is 0 Å². The van der Waals surface area contributed by atoms with E-state index >= 15 is 0 Å². The van der Waals surface area contributed by atoms with Gasteiger partial charge in [-0.15, -0.1) is 23.8 Å². The summed E-state index contributed by atoms with van der Waals surface area (Å²) >= 11 is 0. The average molecular weight is 653 g/mol. The van der Waals surface area contributed by atoms with E-state index in [0.29, 0.717) is 0 Å². The van der Waals surface area contributed by atoms with Crippen molar-refractivity contribution in [2.24, 2.45) is 0 Å². The fourth-order valence-electron chi connectivity index (χ4n) is 4.09. The van der Waals surface area contributed by atoms with Gasteiger partial charge in [-0.1, -0.05) is 78.7 Å². The van der Waals surface area contributed by atoms with Gasteiger partial charge in [0.15, 0.2) is 11.6 Å². The summed E-state index contributed by atoms with van der Waals surface area (Å²) in [6.45, 7) is 2.11. The van der Waals surface area contributed by atoms with Crippen molar-refractivity contribution in [3.05, 3.63) is 127 Å². The van der Waals surface area contributed by atoms with Gasteiger partial charge in [0.25, 0.3) is 0 Å². The quantitative estimate of drug-likeness (QED) is 0.195. The van der Waals surface area contributed by atoms with Gasteiger partial charge in [0.05, 0.1) is 0 Å². The fourth-order valence-corrected chi connectivity index (χ4v) is 4.09. The maximum atomic E-state index is 12.1. The molecule has 0 saturated heterocycles. The Hall–Kier alpha value is -3.88. The van der Waals surface area contributed by atoms with Crippen LogP contribution < -0.4 is 0 Å². The van der Waals surface area contributed by atoms with Gasteiger partial charge in [0, 0.05) is 44.8 Å². The Morgan fingerprint density at radius 3 is 1.61 bits per heavy atom. The summed E-state index contributed by atoms with van der Waals surface area (Å²) in [5.41, 5.74) is 5.08. The number of aromatic hydroxyl groups is 1. The van der Waals surface area contributed by atoms with Gasteiger partial charge in [0.1, 0.15) is 0 Å². The Kier molecular flexibility index (Phi) is 7.87. The van der Waals surface area contributed by atoms with E-state index in [4.69, 9.17) is 5.11 Å². The molecule has 0 aliphatic carbocycles. The van der Waals surface area contributed by atoms with E-state index in [1.165, 1.54) is 34.5 Å². The number of pyridine rings is 2. The first-order valence-electron chi connectivity index (χ1n) is 11.3. The average Bonchev–Trinajstić information content (AvgIpc) is 2.90. The molecule has 0 atom stereocenters. The molecule has 1 N–H and O–H groups in total. The smallest absolute Gasteiger partial charge is 0.164 e. The molecule has 2 heterocycles. The minimum Gasteiger partial charge on any atom is -0.505 e. The third-order valence-corrected chi connectivity index (χ3v) is 5.72. The molecular formula is C31H22FN2OPt-. The molecule has 0 amide bonds. The molecule has 0 unspecified atom stereocenters. The Morgan fingerprint density at radius 1 is 0.667 bits per heavy atom. The van der Waals surface area contributed by atoms with Crippen LogP contribution >= 0.6 is 0 Å². The van der Waals surface area contributed by atoms with Gasteiger partial charge in [-0.05, 0) is 45.8 Å². The van der Waals surface area contributed by atoms with Crippen molar-refractivity contribution in [3.63, 3.8) is 0 Å². The van der Waals surface area contributed by atoms with Crippen LogP contribution in [0.2, 0.25) is 0 Å². The largest absolute Gasteiger partial charge is 0.505 e. The number of rotatable bonds is 2. The van der Waals surface area contributed by atoms with Gasteiger partial charge in [-0.25, -0.2) is 4.39 Å². The second-order valence-electron chi connectivity index (χ2n) is 8.20. The van der Waals surface area contributed by atoms with E-state index in [-0.39, 0.29) is 26.8 Å². The predicted octanol–water partition coefficient (Wildman–Crippen LogP) is 7.75. The van der Waals surface area contributed by atoms with E-state index in [2.05, 4.69) is 83.6 Å². The van der Waals surface area contributed by atoms with Crippen molar-refractivity contribution in [1.82, 2.24) is 9.97 Å². The van der Waals surface area contributed by atoms with E-state index in [9.17, 15) is 4.39 Å². The molecule has 3 nitrogen and oxygen atoms in total. The predicted molar refractivity (Wildman–Crippen MR) is 140 cm³/mol. The zero-order valence-corrected chi connectivity index (χ0v) is 21.7. The Morgan fingerprint density at radius 2 is 1.14 bits per heavy atom. The van der Waals surface area contributed by atoms with E-state index < -0.39 is 5.82 Å². The zero-order valence-electron chi connectivity index (χ0n) is 19.4. The minimum atomic E-state index is -0.576. The number of hydrogen-bond acceptors (Lipinski definition) is 3. The third kappa shape index (κ3) is 5.35. The number of halogens is 1. The molecular weight excluding hydrogens is 630 g/mol. The molecule has 0 bridgehead atoms.